The highest BCUT2D eigenvalue weighted by Gasteiger charge is 2.13. The molecule has 1 aromatic rings. The Bertz CT molecular complexity index is 424. The molecule has 0 spiro atoms. The Morgan fingerprint density at radius 2 is 2.00 bits per heavy atom. The van der Waals surface area contributed by atoms with E-state index in [-0.39, 0.29) is 12.7 Å². The zero-order chi connectivity index (χ0) is 15.7. The molecule has 0 fully saturated rings. The summed E-state index contributed by atoms with van der Waals surface area (Å²) in [6, 6.07) is 3.85. The molecule has 2 N–H and O–H groups in total. The highest BCUT2D eigenvalue weighted by atomic mass is 35.5. The van der Waals surface area contributed by atoms with Crippen molar-refractivity contribution in [2.24, 2.45) is 0 Å². The number of nitrogens with one attached hydrogen (secondary N) is 1. The van der Waals surface area contributed by atoms with Crippen LogP contribution in [0.5, 0.6) is 11.5 Å². The van der Waals surface area contributed by atoms with Gasteiger partial charge in [-0.2, -0.15) is 0 Å². The number of hydrogen-bond donors (Lipinski definition) is 2. The zero-order valence-corrected chi connectivity index (χ0v) is 13.9. The Hall–Kier alpha value is -0.970. The first-order valence-electron chi connectivity index (χ1n) is 7.43. The maximum absolute atomic E-state index is 8.72. The molecule has 0 saturated heterocycles. The lowest BCUT2D eigenvalue weighted by molar-refractivity contribution is 0.230. The van der Waals surface area contributed by atoms with Crippen molar-refractivity contribution in [1.82, 2.24) is 5.32 Å². The fraction of sp³-hybridized carbons (Fsp3) is 0.625. The number of benzene rings is 1. The molecule has 0 aromatic heterocycles. The Kier molecular flexibility index (Phi) is 8.50. The van der Waals surface area contributed by atoms with Gasteiger partial charge in [0.15, 0.2) is 11.5 Å². The predicted molar refractivity (Wildman–Crippen MR) is 86.4 cm³/mol. The molecule has 0 bridgehead atoms. The van der Waals surface area contributed by atoms with Crippen LogP contribution in [0.15, 0.2) is 12.1 Å². The number of ether oxygens (including phenoxy) is 2. The largest absolute Gasteiger partial charge is 0.493 e. The van der Waals surface area contributed by atoms with E-state index in [1.165, 1.54) is 0 Å². The molecule has 21 heavy (non-hydrogen) atoms. The number of aliphatic hydroxyl groups excluding tert-OH is 1. The SMILES string of the molecule is COc1cc(CNCCCCCO)cc(Cl)c1OC(C)C. The van der Waals surface area contributed by atoms with Crippen LogP contribution >= 0.6 is 11.6 Å². The molecule has 0 aliphatic rings. The summed E-state index contributed by atoms with van der Waals surface area (Å²) in [5, 5.41) is 12.6. The molecule has 1 rings (SSSR count). The highest BCUT2D eigenvalue weighted by molar-refractivity contribution is 6.32. The molecule has 0 atom stereocenters. The van der Waals surface area contributed by atoms with Crippen LogP contribution in [0.4, 0.5) is 0 Å². The fourth-order valence-electron chi connectivity index (χ4n) is 2.00. The number of hydrogen-bond acceptors (Lipinski definition) is 4. The third kappa shape index (κ3) is 6.55. The molecule has 120 valence electrons. The first kappa shape index (κ1) is 18.1. The summed E-state index contributed by atoms with van der Waals surface area (Å²) in [6.07, 6.45) is 3.00. The van der Waals surface area contributed by atoms with Gasteiger partial charge in [-0.15, -0.1) is 0 Å². The smallest absolute Gasteiger partial charge is 0.180 e. The number of aliphatic hydroxyl groups is 1. The fourth-order valence-corrected chi connectivity index (χ4v) is 2.27. The standard InChI is InChI=1S/C16H26ClNO3/c1-12(2)21-16-14(17)9-13(10-15(16)20-3)11-18-7-5-4-6-8-19/h9-10,12,18-19H,4-8,11H2,1-3H3. The maximum atomic E-state index is 8.72. The highest BCUT2D eigenvalue weighted by Crippen LogP contribution is 2.37. The monoisotopic (exact) mass is 315 g/mol. The van der Waals surface area contributed by atoms with E-state index >= 15 is 0 Å². The third-order valence-electron chi connectivity index (χ3n) is 2.98. The Labute approximate surface area is 132 Å². The van der Waals surface area contributed by atoms with Gasteiger partial charge in [0.25, 0.3) is 0 Å². The number of methoxy groups -OCH3 is 1. The van der Waals surface area contributed by atoms with Crippen LogP contribution in [0.25, 0.3) is 0 Å². The normalized spacial score (nSPS) is 11.0. The van der Waals surface area contributed by atoms with Gasteiger partial charge in [0.2, 0.25) is 0 Å². The van der Waals surface area contributed by atoms with E-state index in [0.29, 0.717) is 16.5 Å². The van der Waals surface area contributed by atoms with Crippen LogP contribution in [0, 0.1) is 0 Å². The minimum atomic E-state index is 0.0481. The molecule has 0 saturated carbocycles. The molecule has 0 aliphatic heterocycles. The van der Waals surface area contributed by atoms with E-state index in [0.717, 1.165) is 37.9 Å². The van der Waals surface area contributed by atoms with Crippen molar-refractivity contribution in [1.29, 1.82) is 0 Å². The molecular weight excluding hydrogens is 290 g/mol. The van der Waals surface area contributed by atoms with Crippen molar-refractivity contribution in [3.63, 3.8) is 0 Å². The Morgan fingerprint density at radius 3 is 2.62 bits per heavy atom. The Morgan fingerprint density at radius 1 is 1.24 bits per heavy atom. The van der Waals surface area contributed by atoms with Crippen molar-refractivity contribution in [2.75, 3.05) is 20.3 Å². The second-order valence-corrected chi connectivity index (χ2v) is 5.64. The molecular formula is C16H26ClNO3. The van der Waals surface area contributed by atoms with Crippen molar-refractivity contribution in [3.8, 4) is 11.5 Å². The summed E-state index contributed by atoms with van der Waals surface area (Å²) < 4.78 is 11.1. The molecule has 5 heteroatoms. The third-order valence-corrected chi connectivity index (χ3v) is 3.26. The number of rotatable bonds is 10. The minimum absolute atomic E-state index is 0.0481. The molecule has 1 aromatic carbocycles. The summed E-state index contributed by atoms with van der Waals surface area (Å²) in [5.41, 5.74) is 1.06. The van der Waals surface area contributed by atoms with Gasteiger partial charge < -0.3 is 19.9 Å². The average Bonchev–Trinajstić information content (AvgIpc) is 2.44. The molecule has 4 nitrogen and oxygen atoms in total. The van der Waals surface area contributed by atoms with E-state index in [4.69, 9.17) is 26.2 Å². The minimum Gasteiger partial charge on any atom is -0.493 e. The van der Waals surface area contributed by atoms with Crippen LogP contribution in [0.3, 0.4) is 0 Å². The summed E-state index contributed by atoms with van der Waals surface area (Å²) in [7, 11) is 1.62. The quantitative estimate of drug-likeness (QED) is 0.650. The van der Waals surface area contributed by atoms with E-state index in [2.05, 4.69) is 5.32 Å². The van der Waals surface area contributed by atoms with Gasteiger partial charge in [-0.1, -0.05) is 11.6 Å². The van der Waals surface area contributed by atoms with Crippen LogP contribution in [-0.2, 0) is 6.54 Å². The second-order valence-electron chi connectivity index (χ2n) is 5.24. The van der Waals surface area contributed by atoms with E-state index in [1.807, 2.05) is 26.0 Å². The van der Waals surface area contributed by atoms with Crippen molar-refractivity contribution >= 4 is 11.6 Å². The van der Waals surface area contributed by atoms with E-state index in [1.54, 1.807) is 7.11 Å². The number of unbranched alkanes of at least 4 members (excludes halogenated alkanes) is 2. The molecule has 0 unspecified atom stereocenters. The molecule has 0 aliphatic carbocycles. The van der Waals surface area contributed by atoms with Crippen molar-refractivity contribution in [2.45, 2.75) is 45.8 Å². The summed E-state index contributed by atoms with van der Waals surface area (Å²) in [4.78, 5) is 0. The summed E-state index contributed by atoms with van der Waals surface area (Å²) in [6.45, 7) is 5.83. The van der Waals surface area contributed by atoms with Gasteiger partial charge in [-0.05, 0) is 57.4 Å². The average molecular weight is 316 g/mol. The lowest BCUT2D eigenvalue weighted by Crippen LogP contribution is -2.15. The van der Waals surface area contributed by atoms with Crippen LogP contribution in [0.1, 0.15) is 38.7 Å². The molecule has 0 amide bonds. The maximum Gasteiger partial charge on any atom is 0.180 e. The van der Waals surface area contributed by atoms with Crippen LogP contribution in [-0.4, -0.2) is 31.5 Å². The van der Waals surface area contributed by atoms with Gasteiger partial charge in [0, 0.05) is 13.2 Å². The van der Waals surface area contributed by atoms with Crippen LogP contribution in [0.2, 0.25) is 5.02 Å². The van der Waals surface area contributed by atoms with E-state index in [9.17, 15) is 0 Å². The van der Waals surface area contributed by atoms with Crippen molar-refractivity contribution in [3.05, 3.63) is 22.7 Å². The molecule has 0 radical (unpaired) electrons. The van der Waals surface area contributed by atoms with Gasteiger partial charge in [-0.25, -0.2) is 0 Å². The second kappa shape index (κ2) is 9.87. The van der Waals surface area contributed by atoms with Crippen molar-refractivity contribution < 1.29 is 14.6 Å². The summed E-state index contributed by atoms with van der Waals surface area (Å²) in [5.74, 6) is 1.26. The number of halogens is 1. The zero-order valence-electron chi connectivity index (χ0n) is 13.1. The van der Waals surface area contributed by atoms with Gasteiger partial charge in [0.05, 0.1) is 18.2 Å². The molecule has 0 heterocycles. The van der Waals surface area contributed by atoms with Gasteiger partial charge >= 0.3 is 0 Å². The van der Waals surface area contributed by atoms with E-state index < -0.39 is 0 Å². The first-order valence-corrected chi connectivity index (χ1v) is 7.81. The first-order chi connectivity index (χ1) is 10.1. The predicted octanol–water partition coefficient (Wildman–Crippen LogP) is 3.39. The lowest BCUT2D eigenvalue weighted by Gasteiger charge is -2.16. The Balaban J connectivity index is 2.58. The van der Waals surface area contributed by atoms with Crippen LogP contribution < -0.4 is 14.8 Å². The summed E-state index contributed by atoms with van der Waals surface area (Å²) >= 11 is 6.28. The lowest BCUT2D eigenvalue weighted by atomic mass is 10.2. The van der Waals surface area contributed by atoms with Gasteiger partial charge in [0.1, 0.15) is 0 Å². The topological polar surface area (TPSA) is 50.7 Å². The van der Waals surface area contributed by atoms with Gasteiger partial charge in [-0.3, -0.25) is 0 Å².